The zero-order valence-electron chi connectivity index (χ0n) is 13.5. The quantitative estimate of drug-likeness (QED) is 0.832. The van der Waals surface area contributed by atoms with Crippen LogP contribution in [0.2, 0.25) is 0 Å². The zero-order chi connectivity index (χ0) is 17.0. The van der Waals surface area contributed by atoms with Gasteiger partial charge in [0.15, 0.2) is 6.61 Å². The van der Waals surface area contributed by atoms with E-state index in [1.54, 1.807) is 18.2 Å². The lowest BCUT2D eigenvalue weighted by atomic mass is 10.1. The van der Waals surface area contributed by atoms with Gasteiger partial charge in [-0.3, -0.25) is 4.79 Å². The number of amides is 1. The molecule has 122 valence electrons. The van der Waals surface area contributed by atoms with Crippen LogP contribution in [0.4, 0.5) is 0 Å². The molecule has 5 nitrogen and oxygen atoms in total. The molecule has 0 radical (unpaired) electrons. The van der Waals surface area contributed by atoms with Crippen LogP contribution >= 0.6 is 0 Å². The Bertz CT molecular complexity index is 724. The molecule has 2 rings (SSSR count). The Labute approximate surface area is 135 Å². The lowest BCUT2D eigenvalue weighted by Gasteiger charge is -2.17. The van der Waals surface area contributed by atoms with Gasteiger partial charge in [0.2, 0.25) is 0 Å². The van der Waals surface area contributed by atoms with Gasteiger partial charge >= 0.3 is 5.97 Å². The summed E-state index contributed by atoms with van der Waals surface area (Å²) in [6.07, 6.45) is 0. The minimum atomic E-state index is -0.722. The van der Waals surface area contributed by atoms with Crippen LogP contribution in [-0.2, 0) is 9.53 Å². The van der Waals surface area contributed by atoms with Gasteiger partial charge in [-0.1, -0.05) is 44.2 Å². The fourth-order valence-corrected chi connectivity index (χ4v) is 2.09. The molecule has 0 spiro atoms. The summed E-state index contributed by atoms with van der Waals surface area (Å²) < 4.78 is 4.99. The van der Waals surface area contributed by atoms with Crippen LogP contribution < -0.4 is 5.32 Å². The predicted octanol–water partition coefficient (Wildman–Crippen LogP) is 2.86. The Hall–Kier alpha value is -2.56. The second kappa shape index (κ2) is 7.13. The summed E-state index contributed by atoms with van der Waals surface area (Å²) in [6.45, 7) is 5.50. The number of benzene rings is 2. The fraction of sp³-hybridized carbons (Fsp3) is 0.333. The number of ether oxygens (including phenoxy) is 1. The molecule has 0 saturated heterocycles. The van der Waals surface area contributed by atoms with E-state index in [2.05, 4.69) is 5.32 Å². The maximum absolute atomic E-state index is 12.1. The van der Waals surface area contributed by atoms with Gasteiger partial charge in [-0.05, 0) is 24.3 Å². The van der Waals surface area contributed by atoms with E-state index in [9.17, 15) is 14.7 Å². The molecule has 0 aliphatic heterocycles. The number of phenols is 1. The number of esters is 1. The lowest BCUT2D eigenvalue weighted by molar-refractivity contribution is -0.125. The number of rotatable bonds is 5. The Morgan fingerprint density at radius 2 is 1.83 bits per heavy atom. The molecule has 2 aromatic carbocycles. The maximum atomic E-state index is 12.1. The molecular weight excluding hydrogens is 294 g/mol. The first-order valence-corrected chi connectivity index (χ1v) is 7.57. The van der Waals surface area contributed by atoms with Crippen molar-refractivity contribution in [1.82, 2.24) is 5.32 Å². The van der Waals surface area contributed by atoms with Crippen molar-refractivity contribution >= 4 is 22.6 Å². The zero-order valence-corrected chi connectivity index (χ0v) is 13.5. The van der Waals surface area contributed by atoms with Gasteiger partial charge < -0.3 is 15.2 Å². The van der Waals surface area contributed by atoms with Crippen LogP contribution in [-0.4, -0.2) is 29.6 Å². The van der Waals surface area contributed by atoms with Crippen molar-refractivity contribution in [2.24, 2.45) is 5.92 Å². The van der Waals surface area contributed by atoms with Gasteiger partial charge in [-0.25, -0.2) is 4.79 Å². The summed E-state index contributed by atoms with van der Waals surface area (Å²) in [5.74, 6) is -0.927. The number of carbonyl (C=O) groups is 2. The molecule has 0 bridgehead atoms. The van der Waals surface area contributed by atoms with Crippen molar-refractivity contribution in [2.75, 3.05) is 6.61 Å². The molecule has 0 aliphatic carbocycles. The Kier molecular flexibility index (Phi) is 5.21. The van der Waals surface area contributed by atoms with E-state index in [1.165, 1.54) is 6.07 Å². The number of nitrogens with one attached hydrogen (secondary N) is 1. The summed E-state index contributed by atoms with van der Waals surface area (Å²) in [7, 11) is 0. The Morgan fingerprint density at radius 3 is 2.52 bits per heavy atom. The topological polar surface area (TPSA) is 75.6 Å². The molecule has 0 saturated carbocycles. The lowest BCUT2D eigenvalue weighted by Crippen LogP contribution is -2.38. The Morgan fingerprint density at radius 1 is 1.13 bits per heavy atom. The third kappa shape index (κ3) is 4.00. The summed E-state index contributed by atoms with van der Waals surface area (Å²) in [5.41, 5.74) is 0.0495. The molecule has 2 aromatic rings. The van der Waals surface area contributed by atoms with E-state index in [0.717, 1.165) is 5.39 Å². The number of aromatic hydroxyl groups is 1. The van der Waals surface area contributed by atoms with E-state index in [0.29, 0.717) is 11.3 Å². The first kappa shape index (κ1) is 16.8. The van der Waals surface area contributed by atoms with Crippen molar-refractivity contribution in [3.05, 3.63) is 42.0 Å². The number of hydrogen-bond acceptors (Lipinski definition) is 4. The van der Waals surface area contributed by atoms with Crippen LogP contribution in [0, 0.1) is 5.92 Å². The maximum Gasteiger partial charge on any atom is 0.342 e. The van der Waals surface area contributed by atoms with E-state index in [1.807, 2.05) is 32.9 Å². The molecule has 23 heavy (non-hydrogen) atoms. The predicted molar refractivity (Wildman–Crippen MR) is 88.3 cm³/mol. The highest BCUT2D eigenvalue weighted by atomic mass is 16.5. The number of hydrogen-bond donors (Lipinski definition) is 2. The van der Waals surface area contributed by atoms with Gasteiger partial charge in [-0.15, -0.1) is 0 Å². The minimum Gasteiger partial charge on any atom is -0.506 e. The minimum absolute atomic E-state index is 0.00438. The third-order valence-electron chi connectivity index (χ3n) is 3.84. The van der Waals surface area contributed by atoms with Crippen LogP contribution in [0.25, 0.3) is 10.8 Å². The fourth-order valence-electron chi connectivity index (χ4n) is 2.09. The smallest absolute Gasteiger partial charge is 0.342 e. The van der Waals surface area contributed by atoms with Crippen molar-refractivity contribution in [3.8, 4) is 5.75 Å². The average molecular weight is 315 g/mol. The van der Waals surface area contributed by atoms with E-state index < -0.39 is 5.97 Å². The molecule has 2 N–H and O–H groups in total. The SMILES string of the molecule is CC(C)[C@@H](C)NC(=O)COC(=O)c1ccc2ccccc2c1O. The molecule has 1 amide bonds. The molecular formula is C18H21NO4. The first-order chi connectivity index (χ1) is 10.9. The number of carbonyl (C=O) groups excluding carboxylic acids is 2. The molecule has 0 heterocycles. The van der Waals surface area contributed by atoms with Crippen LogP contribution in [0.3, 0.4) is 0 Å². The van der Waals surface area contributed by atoms with E-state index in [-0.39, 0.29) is 29.9 Å². The highest BCUT2D eigenvalue weighted by Crippen LogP contribution is 2.28. The van der Waals surface area contributed by atoms with E-state index >= 15 is 0 Å². The first-order valence-electron chi connectivity index (χ1n) is 7.57. The van der Waals surface area contributed by atoms with Crippen molar-refractivity contribution < 1.29 is 19.4 Å². The highest BCUT2D eigenvalue weighted by Gasteiger charge is 2.17. The summed E-state index contributed by atoms with van der Waals surface area (Å²) in [4.78, 5) is 23.8. The number of phenolic OH excluding ortho intramolecular Hbond substituents is 1. The van der Waals surface area contributed by atoms with E-state index in [4.69, 9.17) is 4.74 Å². The van der Waals surface area contributed by atoms with Crippen LogP contribution in [0.1, 0.15) is 31.1 Å². The summed E-state index contributed by atoms with van der Waals surface area (Å²) in [6, 6.07) is 10.4. The van der Waals surface area contributed by atoms with Gasteiger partial charge in [0, 0.05) is 11.4 Å². The van der Waals surface area contributed by atoms with Gasteiger partial charge in [0.05, 0.1) is 0 Å². The van der Waals surface area contributed by atoms with Gasteiger partial charge in [-0.2, -0.15) is 0 Å². The molecule has 0 aromatic heterocycles. The third-order valence-corrected chi connectivity index (χ3v) is 3.84. The second-order valence-corrected chi connectivity index (χ2v) is 5.86. The normalized spacial score (nSPS) is 12.2. The second-order valence-electron chi connectivity index (χ2n) is 5.86. The monoisotopic (exact) mass is 315 g/mol. The molecule has 0 unspecified atom stereocenters. The highest BCUT2D eigenvalue weighted by molar-refractivity contribution is 6.01. The van der Waals surface area contributed by atoms with Gasteiger partial charge in [0.25, 0.3) is 5.91 Å². The van der Waals surface area contributed by atoms with Gasteiger partial charge in [0.1, 0.15) is 11.3 Å². The van der Waals surface area contributed by atoms with Crippen LogP contribution in [0.15, 0.2) is 36.4 Å². The molecule has 5 heteroatoms. The molecule has 0 fully saturated rings. The Balaban J connectivity index is 2.04. The molecule has 0 aliphatic rings. The largest absolute Gasteiger partial charge is 0.506 e. The standard InChI is InChI=1S/C18H21NO4/c1-11(2)12(3)19-16(20)10-23-18(22)15-9-8-13-6-4-5-7-14(13)17(15)21/h4-9,11-12,21H,10H2,1-3H3,(H,19,20)/t12-/m1/s1. The van der Waals surface area contributed by atoms with Crippen molar-refractivity contribution in [3.63, 3.8) is 0 Å². The van der Waals surface area contributed by atoms with Crippen molar-refractivity contribution in [2.45, 2.75) is 26.8 Å². The summed E-state index contributed by atoms with van der Waals surface area (Å²) >= 11 is 0. The van der Waals surface area contributed by atoms with Crippen LogP contribution in [0.5, 0.6) is 5.75 Å². The van der Waals surface area contributed by atoms with Crippen molar-refractivity contribution in [1.29, 1.82) is 0 Å². The molecule has 1 atom stereocenters. The summed E-state index contributed by atoms with van der Waals surface area (Å²) in [5, 5.41) is 14.3. The average Bonchev–Trinajstić information content (AvgIpc) is 2.53. The number of fused-ring (bicyclic) bond motifs is 1.